The van der Waals surface area contributed by atoms with E-state index in [1.54, 1.807) is 23.1 Å². The molecular weight excluding hydrogens is 372 g/mol. The average molecular weight is 396 g/mol. The van der Waals surface area contributed by atoms with Gasteiger partial charge in [0.2, 0.25) is 15.9 Å². The van der Waals surface area contributed by atoms with Crippen molar-refractivity contribution in [2.45, 2.75) is 19.8 Å². The van der Waals surface area contributed by atoms with Crippen molar-refractivity contribution < 1.29 is 27.5 Å². The number of anilines is 1. The Balaban J connectivity index is 2.14. The number of nitrogens with zero attached hydrogens (tertiary/aromatic N) is 2. The lowest BCUT2D eigenvalue weighted by molar-refractivity contribution is -0.148. The Morgan fingerprint density at radius 1 is 1.22 bits per heavy atom. The Hall–Kier alpha value is -2.42. The average Bonchev–Trinajstić information content (AvgIpc) is 2.64. The van der Waals surface area contributed by atoms with Gasteiger partial charge in [-0.15, -0.1) is 0 Å². The number of ether oxygens (including phenoxy) is 1. The van der Waals surface area contributed by atoms with E-state index in [0.717, 1.165) is 10.6 Å². The van der Waals surface area contributed by atoms with E-state index in [2.05, 4.69) is 0 Å². The highest BCUT2D eigenvalue weighted by Gasteiger charge is 2.30. The van der Waals surface area contributed by atoms with Gasteiger partial charge in [-0.25, -0.2) is 8.42 Å². The molecule has 8 nitrogen and oxygen atoms in total. The van der Waals surface area contributed by atoms with E-state index in [1.807, 2.05) is 0 Å². The van der Waals surface area contributed by atoms with E-state index in [1.165, 1.54) is 20.1 Å². The third-order valence-corrected chi connectivity index (χ3v) is 5.74. The summed E-state index contributed by atoms with van der Waals surface area (Å²) in [5, 5.41) is 0. The lowest BCUT2D eigenvalue weighted by Gasteiger charge is -2.32. The quantitative estimate of drug-likeness (QED) is 0.527. The molecule has 9 heteroatoms. The molecule has 0 aliphatic carbocycles. The highest BCUT2D eigenvalue weighted by Crippen LogP contribution is 2.22. The van der Waals surface area contributed by atoms with Crippen LogP contribution in [0.3, 0.4) is 0 Å². The Labute approximate surface area is 159 Å². The largest absolute Gasteiger partial charge is 0.469 e. The van der Waals surface area contributed by atoms with Gasteiger partial charge in [-0.1, -0.05) is 12.1 Å². The molecule has 0 spiro atoms. The van der Waals surface area contributed by atoms with Gasteiger partial charge in [0.05, 0.1) is 25.0 Å². The van der Waals surface area contributed by atoms with Gasteiger partial charge in [0.1, 0.15) is 6.54 Å². The summed E-state index contributed by atoms with van der Waals surface area (Å²) in [6.07, 6.45) is 1.98. The lowest BCUT2D eigenvalue weighted by Crippen LogP contribution is -2.46. The molecule has 1 aliphatic rings. The first-order valence-electron chi connectivity index (χ1n) is 8.57. The Kier molecular flexibility index (Phi) is 6.59. The van der Waals surface area contributed by atoms with E-state index >= 15 is 0 Å². The molecule has 1 aromatic rings. The predicted octanol–water partition coefficient (Wildman–Crippen LogP) is 1.07. The van der Waals surface area contributed by atoms with Crippen LogP contribution in [0.25, 0.3) is 0 Å². The van der Waals surface area contributed by atoms with Gasteiger partial charge in [-0.2, -0.15) is 0 Å². The zero-order valence-electron chi connectivity index (χ0n) is 15.7. The van der Waals surface area contributed by atoms with Crippen molar-refractivity contribution in [1.82, 2.24) is 4.90 Å². The third kappa shape index (κ3) is 5.29. The summed E-state index contributed by atoms with van der Waals surface area (Å²) >= 11 is 0. The number of esters is 1. The third-order valence-electron chi connectivity index (χ3n) is 4.60. The lowest BCUT2D eigenvalue weighted by atomic mass is 9.97. The summed E-state index contributed by atoms with van der Waals surface area (Å²) in [6.45, 7) is 1.76. The van der Waals surface area contributed by atoms with Gasteiger partial charge in [-0.05, 0) is 31.9 Å². The van der Waals surface area contributed by atoms with Crippen LogP contribution in [0.4, 0.5) is 5.69 Å². The number of sulfonamides is 1. The molecule has 0 atom stereocenters. The number of likely N-dealkylation sites (tertiary alicyclic amines) is 1. The Morgan fingerprint density at radius 2 is 1.85 bits per heavy atom. The molecule has 1 aliphatic heterocycles. The predicted molar refractivity (Wildman–Crippen MR) is 100.0 cm³/mol. The molecule has 148 valence electrons. The molecule has 1 aromatic carbocycles. The van der Waals surface area contributed by atoms with E-state index in [-0.39, 0.29) is 35.8 Å². The number of Topliss-reactive ketones (excluding diaryl/α,β-unsaturated/α-hetero) is 1. The molecule has 27 heavy (non-hydrogen) atoms. The number of piperidine rings is 1. The molecule has 0 bridgehead atoms. The van der Waals surface area contributed by atoms with Crippen molar-refractivity contribution in [3.8, 4) is 0 Å². The van der Waals surface area contributed by atoms with Gasteiger partial charge in [0.25, 0.3) is 0 Å². The SMILES string of the molecule is COC(=O)C1CCN(C(=O)CN(c2cccc(C(C)=O)c2)S(C)(=O)=O)CC1. The standard InChI is InChI=1S/C18H24N2O6S/c1-13(21)15-5-4-6-16(11-15)20(27(3,24)25)12-17(22)19-9-7-14(8-10-19)18(23)26-2/h4-6,11,14H,7-10,12H2,1-3H3. The molecule has 0 radical (unpaired) electrons. The smallest absolute Gasteiger partial charge is 0.308 e. The molecule has 2 rings (SSSR count). The normalized spacial score (nSPS) is 15.3. The number of methoxy groups -OCH3 is 1. The molecule has 1 heterocycles. The van der Waals surface area contributed by atoms with E-state index in [4.69, 9.17) is 4.74 Å². The molecule has 1 fully saturated rings. The topological polar surface area (TPSA) is 101 Å². The molecule has 0 aromatic heterocycles. The molecule has 0 saturated carbocycles. The molecule has 1 amide bonds. The Bertz CT molecular complexity index is 828. The van der Waals surface area contributed by atoms with Crippen LogP contribution in [-0.4, -0.2) is 64.0 Å². The maximum Gasteiger partial charge on any atom is 0.308 e. The minimum absolute atomic E-state index is 0.193. The number of carbonyl (C=O) groups excluding carboxylic acids is 3. The number of hydrogen-bond acceptors (Lipinski definition) is 6. The fourth-order valence-corrected chi connectivity index (χ4v) is 3.88. The zero-order valence-corrected chi connectivity index (χ0v) is 16.5. The van der Waals surface area contributed by atoms with Crippen LogP contribution < -0.4 is 4.31 Å². The van der Waals surface area contributed by atoms with Gasteiger partial charge in [-0.3, -0.25) is 18.7 Å². The maximum atomic E-state index is 12.6. The minimum atomic E-state index is -3.72. The Morgan fingerprint density at radius 3 is 2.37 bits per heavy atom. The van der Waals surface area contributed by atoms with Crippen molar-refractivity contribution in [1.29, 1.82) is 0 Å². The number of ketones is 1. The summed E-state index contributed by atoms with van der Waals surface area (Å²) in [5.74, 6) is -1.07. The second kappa shape index (κ2) is 8.51. The number of carbonyl (C=O) groups is 3. The van der Waals surface area contributed by atoms with Crippen LogP contribution in [-0.2, 0) is 24.3 Å². The molecule has 1 saturated heterocycles. The summed E-state index contributed by atoms with van der Waals surface area (Å²) in [7, 11) is -2.39. The second-order valence-electron chi connectivity index (χ2n) is 6.55. The first kappa shape index (κ1) is 20.9. The van der Waals surface area contributed by atoms with Crippen LogP contribution in [0, 0.1) is 5.92 Å². The maximum absolute atomic E-state index is 12.6. The van der Waals surface area contributed by atoms with Crippen LogP contribution in [0.1, 0.15) is 30.1 Å². The van der Waals surface area contributed by atoms with Crippen molar-refractivity contribution in [3.05, 3.63) is 29.8 Å². The monoisotopic (exact) mass is 396 g/mol. The number of rotatable bonds is 6. The first-order valence-corrected chi connectivity index (χ1v) is 10.4. The van der Waals surface area contributed by atoms with Crippen LogP contribution >= 0.6 is 0 Å². The van der Waals surface area contributed by atoms with Gasteiger partial charge in [0.15, 0.2) is 5.78 Å². The van der Waals surface area contributed by atoms with Crippen molar-refractivity contribution in [2.24, 2.45) is 5.92 Å². The van der Waals surface area contributed by atoms with Crippen LogP contribution in [0.15, 0.2) is 24.3 Å². The van der Waals surface area contributed by atoms with Gasteiger partial charge >= 0.3 is 5.97 Å². The summed E-state index contributed by atoms with van der Waals surface area (Å²) in [6, 6.07) is 6.17. The fourth-order valence-electron chi connectivity index (χ4n) is 3.03. The van der Waals surface area contributed by atoms with Crippen LogP contribution in [0.2, 0.25) is 0 Å². The van der Waals surface area contributed by atoms with Crippen molar-refractivity contribution in [3.63, 3.8) is 0 Å². The van der Waals surface area contributed by atoms with Crippen molar-refractivity contribution in [2.75, 3.05) is 37.3 Å². The van der Waals surface area contributed by atoms with E-state index < -0.39 is 10.0 Å². The van der Waals surface area contributed by atoms with Gasteiger partial charge in [0, 0.05) is 18.7 Å². The second-order valence-corrected chi connectivity index (χ2v) is 8.46. The fraction of sp³-hybridized carbons (Fsp3) is 0.500. The summed E-state index contributed by atoms with van der Waals surface area (Å²) < 4.78 is 30.2. The molecular formula is C18H24N2O6S. The molecule has 0 unspecified atom stereocenters. The highest BCUT2D eigenvalue weighted by atomic mass is 32.2. The van der Waals surface area contributed by atoms with E-state index in [0.29, 0.717) is 31.5 Å². The summed E-state index contributed by atoms with van der Waals surface area (Å²) in [5.41, 5.74) is 0.635. The molecule has 0 N–H and O–H groups in total. The highest BCUT2D eigenvalue weighted by molar-refractivity contribution is 7.92. The first-order chi connectivity index (χ1) is 12.6. The zero-order chi connectivity index (χ0) is 20.2. The van der Waals surface area contributed by atoms with Crippen LogP contribution in [0.5, 0.6) is 0 Å². The number of benzene rings is 1. The van der Waals surface area contributed by atoms with Crippen molar-refractivity contribution >= 4 is 33.4 Å². The minimum Gasteiger partial charge on any atom is -0.469 e. The number of hydrogen-bond donors (Lipinski definition) is 0. The number of amides is 1. The van der Waals surface area contributed by atoms with Gasteiger partial charge < -0.3 is 9.64 Å². The summed E-state index contributed by atoms with van der Waals surface area (Å²) in [4.78, 5) is 37.3. The van der Waals surface area contributed by atoms with E-state index in [9.17, 15) is 22.8 Å².